The lowest BCUT2D eigenvalue weighted by atomic mass is 10.3. The molecule has 2 rings (SSSR count). The fraction of sp³-hybridized carbons (Fsp3) is 0.111. The first-order valence-corrected chi connectivity index (χ1v) is 5.88. The lowest BCUT2D eigenvalue weighted by Gasteiger charge is -1.99. The van der Waals surface area contributed by atoms with Gasteiger partial charge in [-0.2, -0.15) is 5.10 Å². The van der Waals surface area contributed by atoms with Gasteiger partial charge in [0.25, 0.3) is 5.91 Å². The molecule has 0 saturated heterocycles. The van der Waals surface area contributed by atoms with Crippen molar-refractivity contribution < 1.29 is 4.79 Å². The van der Waals surface area contributed by atoms with Gasteiger partial charge in [0.2, 0.25) is 0 Å². The van der Waals surface area contributed by atoms with Crippen LogP contribution in [0.25, 0.3) is 0 Å². The minimum atomic E-state index is -0.0631. The van der Waals surface area contributed by atoms with Crippen molar-refractivity contribution in [2.24, 2.45) is 0 Å². The molecule has 0 aliphatic rings. The van der Waals surface area contributed by atoms with Gasteiger partial charge in [-0.15, -0.1) is 11.3 Å². The van der Waals surface area contributed by atoms with E-state index in [1.165, 1.54) is 11.3 Å². The van der Waals surface area contributed by atoms with Crippen LogP contribution in [0.2, 0.25) is 0 Å². The predicted octanol–water partition coefficient (Wildman–Crippen LogP) is 2.16. The van der Waals surface area contributed by atoms with Gasteiger partial charge in [0, 0.05) is 18.3 Å². The molecular formula is C9H8BrN3OS. The molecule has 0 aromatic carbocycles. The topological polar surface area (TPSA) is 57.8 Å². The van der Waals surface area contributed by atoms with Crippen LogP contribution in [0.3, 0.4) is 0 Å². The van der Waals surface area contributed by atoms with Gasteiger partial charge in [0.05, 0.1) is 14.9 Å². The lowest BCUT2D eigenvalue weighted by Crippen LogP contribution is -2.21. The summed E-state index contributed by atoms with van der Waals surface area (Å²) in [4.78, 5) is 12.3. The highest BCUT2D eigenvalue weighted by atomic mass is 79.9. The number of halogens is 1. The predicted molar refractivity (Wildman–Crippen MR) is 61.8 cm³/mol. The van der Waals surface area contributed by atoms with Crippen molar-refractivity contribution in [3.63, 3.8) is 0 Å². The van der Waals surface area contributed by atoms with Crippen molar-refractivity contribution in [3.8, 4) is 0 Å². The smallest absolute Gasteiger partial charge is 0.261 e. The number of hydrogen-bond acceptors (Lipinski definition) is 3. The van der Waals surface area contributed by atoms with Crippen LogP contribution in [0.1, 0.15) is 15.2 Å². The zero-order chi connectivity index (χ0) is 10.7. The summed E-state index contributed by atoms with van der Waals surface area (Å²) in [5.41, 5.74) is 0.957. The molecular weight excluding hydrogens is 278 g/mol. The van der Waals surface area contributed by atoms with Crippen molar-refractivity contribution in [2.45, 2.75) is 6.54 Å². The number of thiophene rings is 1. The van der Waals surface area contributed by atoms with Crippen LogP contribution in [-0.2, 0) is 6.54 Å². The van der Waals surface area contributed by atoms with E-state index in [4.69, 9.17) is 0 Å². The van der Waals surface area contributed by atoms with Crippen LogP contribution in [0.15, 0.2) is 28.3 Å². The molecule has 0 fully saturated rings. The molecule has 0 spiro atoms. The largest absolute Gasteiger partial charge is 0.347 e. The first kappa shape index (κ1) is 10.4. The van der Waals surface area contributed by atoms with E-state index in [1.807, 2.05) is 6.07 Å². The van der Waals surface area contributed by atoms with Crippen LogP contribution >= 0.6 is 27.3 Å². The average molecular weight is 286 g/mol. The third-order valence-corrected chi connectivity index (χ3v) is 3.43. The average Bonchev–Trinajstić information content (AvgIpc) is 2.84. The third kappa shape index (κ3) is 2.66. The maximum absolute atomic E-state index is 11.6. The van der Waals surface area contributed by atoms with E-state index < -0.39 is 0 Å². The lowest BCUT2D eigenvalue weighted by molar-refractivity contribution is 0.0955. The highest BCUT2D eigenvalue weighted by molar-refractivity contribution is 9.11. The monoisotopic (exact) mass is 285 g/mol. The van der Waals surface area contributed by atoms with E-state index in [1.54, 1.807) is 18.5 Å². The van der Waals surface area contributed by atoms with Gasteiger partial charge in [0.15, 0.2) is 0 Å². The molecule has 0 aliphatic carbocycles. The zero-order valence-corrected chi connectivity index (χ0v) is 10.1. The summed E-state index contributed by atoms with van der Waals surface area (Å²) in [5, 5.41) is 9.29. The SMILES string of the molecule is O=C(NCc1cn[nH]c1)c1ccc(Br)s1. The maximum Gasteiger partial charge on any atom is 0.261 e. The second kappa shape index (κ2) is 4.59. The summed E-state index contributed by atoms with van der Waals surface area (Å²) >= 11 is 4.73. The van der Waals surface area contributed by atoms with E-state index in [0.717, 1.165) is 9.35 Å². The Morgan fingerprint density at radius 2 is 2.47 bits per heavy atom. The Kier molecular flexibility index (Phi) is 3.17. The Hall–Kier alpha value is -1.14. The van der Waals surface area contributed by atoms with Crippen molar-refractivity contribution in [3.05, 3.63) is 38.8 Å². The third-order valence-electron chi connectivity index (χ3n) is 1.80. The number of nitrogens with one attached hydrogen (secondary N) is 2. The van der Waals surface area contributed by atoms with Crippen molar-refractivity contribution in [2.75, 3.05) is 0 Å². The first-order chi connectivity index (χ1) is 7.25. The van der Waals surface area contributed by atoms with Crippen LogP contribution in [0, 0.1) is 0 Å². The van der Waals surface area contributed by atoms with Crippen LogP contribution in [0.5, 0.6) is 0 Å². The standard InChI is InChI=1S/C9H8BrN3OS/c10-8-2-1-7(15-8)9(14)11-3-6-4-12-13-5-6/h1-2,4-5H,3H2,(H,11,14)(H,12,13). The molecule has 0 bridgehead atoms. The highest BCUT2D eigenvalue weighted by Crippen LogP contribution is 2.21. The summed E-state index contributed by atoms with van der Waals surface area (Å²) in [6.07, 6.45) is 3.44. The quantitative estimate of drug-likeness (QED) is 0.908. The molecule has 78 valence electrons. The molecule has 1 amide bonds. The number of carbonyl (C=O) groups is 1. The normalized spacial score (nSPS) is 10.2. The summed E-state index contributed by atoms with van der Waals surface area (Å²) < 4.78 is 0.955. The summed E-state index contributed by atoms with van der Waals surface area (Å²) in [6, 6.07) is 3.65. The number of hydrogen-bond donors (Lipinski definition) is 2. The summed E-state index contributed by atoms with van der Waals surface area (Å²) in [7, 11) is 0. The fourth-order valence-corrected chi connectivity index (χ4v) is 2.38. The van der Waals surface area contributed by atoms with E-state index >= 15 is 0 Å². The number of aromatic amines is 1. The van der Waals surface area contributed by atoms with E-state index in [0.29, 0.717) is 11.4 Å². The van der Waals surface area contributed by atoms with Gasteiger partial charge in [-0.3, -0.25) is 9.89 Å². The molecule has 2 aromatic rings. The number of H-pyrrole nitrogens is 1. The maximum atomic E-state index is 11.6. The molecule has 2 N–H and O–H groups in total. The van der Waals surface area contributed by atoms with Crippen molar-refractivity contribution in [1.82, 2.24) is 15.5 Å². The van der Waals surface area contributed by atoms with Crippen LogP contribution in [0.4, 0.5) is 0 Å². The number of carbonyl (C=O) groups excluding carboxylic acids is 1. The molecule has 4 nitrogen and oxygen atoms in total. The number of nitrogens with zero attached hydrogens (tertiary/aromatic N) is 1. The summed E-state index contributed by atoms with van der Waals surface area (Å²) in [6.45, 7) is 0.491. The second-order valence-corrected chi connectivity index (χ2v) is 5.36. The van der Waals surface area contributed by atoms with Crippen LogP contribution < -0.4 is 5.32 Å². The second-order valence-electron chi connectivity index (χ2n) is 2.89. The Bertz CT molecular complexity index is 452. The minimum Gasteiger partial charge on any atom is -0.347 e. The van der Waals surface area contributed by atoms with E-state index in [-0.39, 0.29) is 5.91 Å². The van der Waals surface area contributed by atoms with Gasteiger partial charge in [-0.1, -0.05) is 0 Å². The van der Waals surface area contributed by atoms with Crippen LogP contribution in [-0.4, -0.2) is 16.1 Å². The molecule has 2 aromatic heterocycles. The molecule has 0 saturated carbocycles. The molecule has 2 heterocycles. The van der Waals surface area contributed by atoms with E-state index in [9.17, 15) is 4.79 Å². The minimum absolute atomic E-state index is 0.0631. The number of aromatic nitrogens is 2. The zero-order valence-electron chi connectivity index (χ0n) is 7.66. The molecule has 15 heavy (non-hydrogen) atoms. The van der Waals surface area contributed by atoms with Crippen molar-refractivity contribution >= 4 is 33.2 Å². The number of rotatable bonds is 3. The van der Waals surface area contributed by atoms with Gasteiger partial charge in [-0.05, 0) is 28.1 Å². The molecule has 0 atom stereocenters. The van der Waals surface area contributed by atoms with Gasteiger partial charge < -0.3 is 5.32 Å². The van der Waals surface area contributed by atoms with Gasteiger partial charge in [0.1, 0.15) is 0 Å². The van der Waals surface area contributed by atoms with Crippen molar-refractivity contribution in [1.29, 1.82) is 0 Å². The Morgan fingerprint density at radius 1 is 1.60 bits per heavy atom. The fourth-order valence-electron chi connectivity index (χ4n) is 1.08. The molecule has 0 radical (unpaired) electrons. The Balaban J connectivity index is 1.93. The first-order valence-electron chi connectivity index (χ1n) is 4.27. The molecule has 6 heteroatoms. The molecule has 0 aliphatic heterocycles. The summed E-state index contributed by atoms with van der Waals surface area (Å²) in [5.74, 6) is -0.0631. The highest BCUT2D eigenvalue weighted by Gasteiger charge is 2.07. The Morgan fingerprint density at radius 3 is 3.07 bits per heavy atom. The van der Waals surface area contributed by atoms with E-state index in [2.05, 4.69) is 31.4 Å². The Labute approximate surface area is 98.8 Å². The molecule has 0 unspecified atom stereocenters. The number of amides is 1. The van der Waals surface area contributed by atoms with Gasteiger partial charge in [-0.25, -0.2) is 0 Å². The van der Waals surface area contributed by atoms with Gasteiger partial charge >= 0.3 is 0 Å².